The number of hydrogen-bond donors (Lipinski definition) is 2. The first kappa shape index (κ1) is 8.30. The lowest BCUT2D eigenvalue weighted by Crippen LogP contribution is -2.18. The molecule has 14 heavy (non-hydrogen) atoms. The van der Waals surface area contributed by atoms with Crippen LogP contribution in [0.4, 0.5) is 0 Å². The van der Waals surface area contributed by atoms with Gasteiger partial charge >= 0.3 is 0 Å². The van der Waals surface area contributed by atoms with E-state index in [4.69, 9.17) is 0 Å². The first-order valence-corrected chi connectivity index (χ1v) is 5.42. The van der Waals surface area contributed by atoms with Gasteiger partial charge in [0.05, 0.1) is 6.10 Å². The lowest BCUT2D eigenvalue weighted by Gasteiger charge is -2.18. The summed E-state index contributed by atoms with van der Waals surface area (Å²) in [5.74, 6) is 0. The zero-order valence-corrected chi connectivity index (χ0v) is 8.21. The van der Waals surface area contributed by atoms with Crippen LogP contribution in [0.2, 0.25) is 0 Å². The maximum absolute atomic E-state index is 9.64. The van der Waals surface area contributed by atoms with E-state index in [0.717, 1.165) is 32.1 Å². The first-order valence-electron chi connectivity index (χ1n) is 5.42. The zero-order valence-electron chi connectivity index (χ0n) is 8.21. The van der Waals surface area contributed by atoms with E-state index in [9.17, 15) is 5.11 Å². The van der Waals surface area contributed by atoms with Gasteiger partial charge in [0.2, 0.25) is 0 Å². The summed E-state index contributed by atoms with van der Waals surface area (Å²) >= 11 is 0. The van der Waals surface area contributed by atoms with Crippen LogP contribution in [0.1, 0.15) is 35.4 Å². The van der Waals surface area contributed by atoms with Crippen LogP contribution < -0.4 is 0 Å². The summed E-state index contributed by atoms with van der Waals surface area (Å²) in [7, 11) is 0. The summed E-state index contributed by atoms with van der Waals surface area (Å²) in [6, 6.07) is 0. The Hall–Kier alpha value is -1.02. The van der Waals surface area contributed by atoms with Gasteiger partial charge in [0.15, 0.2) is 0 Å². The molecule has 0 spiro atoms. The van der Waals surface area contributed by atoms with Gasteiger partial charge in [-0.3, -0.25) is 0 Å². The average molecular weight is 189 g/mol. The molecule has 0 bridgehead atoms. The molecule has 1 unspecified atom stereocenters. The molecule has 1 heterocycles. The smallest absolute Gasteiger partial charge is 0.0585 e. The largest absolute Gasteiger partial charge is 0.393 e. The fourth-order valence-electron chi connectivity index (χ4n) is 2.62. The molecule has 1 aromatic heterocycles. The second-order valence-corrected chi connectivity index (χ2v) is 4.31. The number of aliphatic hydroxyl groups is 1. The highest BCUT2D eigenvalue weighted by Gasteiger charge is 2.23. The summed E-state index contributed by atoms with van der Waals surface area (Å²) in [6.45, 7) is 0. The van der Waals surface area contributed by atoms with Crippen LogP contribution in [0.25, 0.3) is 6.08 Å². The number of aromatic nitrogens is 1. The molecule has 74 valence electrons. The maximum Gasteiger partial charge on any atom is 0.0585 e. The zero-order chi connectivity index (χ0) is 9.54. The van der Waals surface area contributed by atoms with E-state index >= 15 is 0 Å². The summed E-state index contributed by atoms with van der Waals surface area (Å²) < 4.78 is 0. The molecule has 0 radical (unpaired) electrons. The van der Waals surface area contributed by atoms with Gasteiger partial charge in [-0.15, -0.1) is 0 Å². The van der Waals surface area contributed by atoms with Crippen molar-refractivity contribution in [3.63, 3.8) is 0 Å². The SMILES string of the molecule is OC1CCc2[nH]c3c(c2C1)CCC=C3. The standard InChI is InChI=1S/C12H15NO/c14-8-5-6-12-10(7-8)9-3-1-2-4-11(9)13-12/h2,4,8,13-14H,1,3,5-7H2. The maximum atomic E-state index is 9.64. The first-order chi connectivity index (χ1) is 6.84. The number of H-pyrrole nitrogens is 1. The van der Waals surface area contributed by atoms with E-state index in [0.29, 0.717) is 0 Å². The fraction of sp³-hybridized carbons (Fsp3) is 0.500. The molecule has 0 saturated heterocycles. The molecule has 3 rings (SSSR count). The molecule has 0 amide bonds. The highest BCUT2D eigenvalue weighted by atomic mass is 16.3. The van der Waals surface area contributed by atoms with Gasteiger partial charge in [0.25, 0.3) is 0 Å². The minimum Gasteiger partial charge on any atom is -0.393 e. The second-order valence-electron chi connectivity index (χ2n) is 4.31. The Bertz CT molecular complexity index is 389. The van der Waals surface area contributed by atoms with Crippen molar-refractivity contribution >= 4 is 6.08 Å². The van der Waals surface area contributed by atoms with Crippen LogP contribution in [-0.2, 0) is 19.3 Å². The molecule has 0 fully saturated rings. The van der Waals surface area contributed by atoms with E-state index in [-0.39, 0.29) is 6.10 Å². The Morgan fingerprint density at radius 1 is 1.29 bits per heavy atom. The molecule has 2 aliphatic rings. The number of allylic oxidation sites excluding steroid dienone is 1. The summed E-state index contributed by atoms with van der Waals surface area (Å²) in [5.41, 5.74) is 5.52. The average Bonchev–Trinajstić information content (AvgIpc) is 2.56. The lowest BCUT2D eigenvalue weighted by molar-refractivity contribution is 0.158. The summed E-state index contributed by atoms with van der Waals surface area (Å²) in [5, 5.41) is 9.64. The fourth-order valence-corrected chi connectivity index (χ4v) is 2.62. The number of rotatable bonds is 0. The second kappa shape index (κ2) is 2.99. The quantitative estimate of drug-likeness (QED) is 0.641. The van der Waals surface area contributed by atoms with Gasteiger partial charge in [-0.25, -0.2) is 0 Å². The third-order valence-electron chi connectivity index (χ3n) is 3.35. The molecule has 0 aliphatic heterocycles. The van der Waals surface area contributed by atoms with E-state index in [1.54, 1.807) is 0 Å². The highest BCUT2D eigenvalue weighted by Crippen LogP contribution is 2.30. The number of aromatic amines is 1. The molecule has 0 saturated carbocycles. The van der Waals surface area contributed by atoms with E-state index in [1.165, 1.54) is 22.5 Å². The molecule has 2 nitrogen and oxygen atoms in total. The van der Waals surface area contributed by atoms with Gasteiger partial charge in [-0.05, 0) is 42.9 Å². The Kier molecular flexibility index (Phi) is 1.77. The van der Waals surface area contributed by atoms with Gasteiger partial charge < -0.3 is 10.1 Å². The molecular formula is C12H15NO. The van der Waals surface area contributed by atoms with Gasteiger partial charge in [-0.2, -0.15) is 0 Å². The number of nitrogens with one attached hydrogen (secondary N) is 1. The van der Waals surface area contributed by atoms with Crippen molar-refractivity contribution < 1.29 is 5.11 Å². The van der Waals surface area contributed by atoms with Crippen molar-refractivity contribution in [3.05, 3.63) is 28.6 Å². The van der Waals surface area contributed by atoms with Crippen molar-refractivity contribution in [3.8, 4) is 0 Å². The van der Waals surface area contributed by atoms with Crippen LogP contribution in [-0.4, -0.2) is 16.2 Å². The van der Waals surface area contributed by atoms with Crippen LogP contribution in [0.5, 0.6) is 0 Å². The molecule has 1 atom stereocenters. The predicted octanol–water partition coefficient (Wildman–Crippen LogP) is 1.82. The van der Waals surface area contributed by atoms with Crippen LogP contribution in [0.3, 0.4) is 0 Å². The van der Waals surface area contributed by atoms with Crippen LogP contribution in [0, 0.1) is 0 Å². The Morgan fingerprint density at radius 2 is 2.21 bits per heavy atom. The van der Waals surface area contributed by atoms with Gasteiger partial charge in [-0.1, -0.05) is 6.08 Å². The number of aryl methyl sites for hydroxylation is 1. The van der Waals surface area contributed by atoms with Crippen LogP contribution >= 0.6 is 0 Å². The number of aliphatic hydroxyl groups excluding tert-OH is 1. The normalized spacial score (nSPS) is 24.5. The number of hydrogen-bond acceptors (Lipinski definition) is 1. The third kappa shape index (κ3) is 1.14. The minimum atomic E-state index is -0.117. The Morgan fingerprint density at radius 3 is 3.14 bits per heavy atom. The Balaban J connectivity index is 2.10. The van der Waals surface area contributed by atoms with Gasteiger partial charge in [0.1, 0.15) is 0 Å². The minimum absolute atomic E-state index is 0.117. The molecular weight excluding hydrogens is 174 g/mol. The third-order valence-corrected chi connectivity index (χ3v) is 3.35. The molecule has 2 aliphatic carbocycles. The summed E-state index contributed by atoms with van der Waals surface area (Å²) in [6.07, 6.45) is 9.36. The molecule has 0 aromatic carbocycles. The van der Waals surface area contributed by atoms with E-state index in [2.05, 4.69) is 17.1 Å². The molecule has 2 heteroatoms. The van der Waals surface area contributed by atoms with Crippen LogP contribution in [0.15, 0.2) is 6.08 Å². The van der Waals surface area contributed by atoms with Crippen molar-refractivity contribution in [2.75, 3.05) is 0 Å². The van der Waals surface area contributed by atoms with Crippen molar-refractivity contribution in [1.29, 1.82) is 0 Å². The summed E-state index contributed by atoms with van der Waals surface area (Å²) in [4.78, 5) is 3.48. The highest BCUT2D eigenvalue weighted by molar-refractivity contribution is 5.57. The van der Waals surface area contributed by atoms with E-state index < -0.39 is 0 Å². The lowest BCUT2D eigenvalue weighted by atomic mass is 9.90. The monoisotopic (exact) mass is 189 g/mol. The Labute approximate surface area is 83.7 Å². The van der Waals surface area contributed by atoms with Crippen molar-refractivity contribution in [1.82, 2.24) is 4.98 Å². The van der Waals surface area contributed by atoms with Gasteiger partial charge in [0, 0.05) is 17.8 Å². The number of fused-ring (bicyclic) bond motifs is 3. The van der Waals surface area contributed by atoms with E-state index in [1.807, 2.05) is 0 Å². The topological polar surface area (TPSA) is 36.0 Å². The van der Waals surface area contributed by atoms with Crippen molar-refractivity contribution in [2.24, 2.45) is 0 Å². The van der Waals surface area contributed by atoms with Crippen molar-refractivity contribution in [2.45, 2.75) is 38.2 Å². The predicted molar refractivity (Wildman–Crippen MR) is 56.2 cm³/mol. The molecule has 1 aromatic rings. The molecule has 2 N–H and O–H groups in total.